The Kier molecular flexibility index (Phi) is 6.24. The van der Waals surface area contributed by atoms with E-state index in [0.717, 1.165) is 25.3 Å². The molecular formula is C23H23F2N3O5S. The number of ether oxygens (including phenoxy) is 1. The lowest BCUT2D eigenvalue weighted by Crippen LogP contribution is -2.32. The summed E-state index contributed by atoms with van der Waals surface area (Å²) >= 11 is 0. The molecule has 3 amide bonds. The number of rotatable bonds is 6. The van der Waals surface area contributed by atoms with Crippen LogP contribution in [0.5, 0.6) is 5.75 Å². The molecule has 0 aliphatic heterocycles. The maximum atomic E-state index is 14.9. The largest absolute Gasteiger partial charge is 0.497 e. The zero-order chi connectivity index (χ0) is 27.5. The molecule has 0 saturated heterocycles. The Morgan fingerprint density at radius 1 is 1.06 bits per heavy atom. The van der Waals surface area contributed by atoms with Gasteiger partial charge in [-0.05, 0) is 54.7 Å². The van der Waals surface area contributed by atoms with E-state index in [4.69, 9.17) is 8.85 Å². The standard InChI is InChI=1S/C23H23F2N3O5S/c1-13(29)27-34(3,32)28-23(31)18-9-5-8-17(18)22(30)26-21-19(24)11-15(12-20(21)25)14-6-4-7-16(10-14)33-2/h4,6-7,10-12H,5,8-9H2,1-3H3,(H,26,30)(H,27,28,29,31,32)/i2D3. The van der Waals surface area contributed by atoms with E-state index in [9.17, 15) is 27.4 Å². The number of benzene rings is 2. The molecular weight excluding hydrogens is 468 g/mol. The van der Waals surface area contributed by atoms with Gasteiger partial charge < -0.3 is 10.1 Å². The number of hydrogen-bond donors (Lipinski definition) is 2. The van der Waals surface area contributed by atoms with Gasteiger partial charge in [-0.15, -0.1) is 4.36 Å². The maximum Gasteiger partial charge on any atom is 0.259 e. The molecule has 3 rings (SSSR count). The lowest BCUT2D eigenvalue weighted by atomic mass is 10.0. The molecule has 0 spiro atoms. The number of anilines is 1. The van der Waals surface area contributed by atoms with Crippen molar-refractivity contribution in [2.24, 2.45) is 4.36 Å². The van der Waals surface area contributed by atoms with E-state index in [0.29, 0.717) is 6.42 Å². The Bertz CT molecular complexity index is 1410. The predicted octanol–water partition coefficient (Wildman–Crippen LogP) is 3.73. The van der Waals surface area contributed by atoms with E-state index in [2.05, 4.69) is 14.4 Å². The summed E-state index contributed by atoms with van der Waals surface area (Å²) in [6.07, 6.45) is 1.75. The van der Waals surface area contributed by atoms with Gasteiger partial charge in [0.15, 0.2) is 0 Å². The van der Waals surface area contributed by atoms with E-state index in [1.54, 1.807) is 0 Å². The van der Waals surface area contributed by atoms with Gasteiger partial charge in [-0.2, -0.15) is 0 Å². The van der Waals surface area contributed by atoms with Gasteiger partial charge in [0.05, 0.1) is 11.2 Å². The summed E-state index contributed by atoms with van der Waals surface area (Å²) in [5, 5.41) is 2.15. The quantitative estimate of drug-likeness (QED) is 0.635. The third-order valence-corrected chi connectivity index (χ3v) is 6.09. The Balaban J connectivity index is 1.85. The molecule has 2 N–H and O–H groups in total. The minimum atomic E-state index is -3.38. The molecule has 34 heavy (non-hydrogen) atoms. The van der Waals surface area contributed by atoms with Crippen LogP contribution in [-0.4, -0.2) is 35.2 Å². The molecule has 0 bridgehead atoms. The number of hydrogen-bond acceptors (Lipinski definition) is 5. The molecule has 1 aliphatic carbocycles. The number of halogens is 2. The molecule has 1 atom stereocenters. The van der Waals surface area contributed by atoms with Crippen LogP contribution in [0.2, 0.25) is 0 Å². The van der Waals surface area contributed by atoms with Crippen LogP contribution in [0.15, 0.2) is 51.9 Å². The monoisotopic (exact) mass is 494 g/mol. The summed E-state index contributed by atoms with van der Waals surface area (Å²) in [7, 11) is -6.09. The second-order valence-corrected chi connectivity index (χ2v) is 9.55. The number of carbonyl (C=O) groups excluding carboxylic acids is 3. The fraction of sp³-hybridized carbons (Fsp3) is 0.261. The first-order valence-electron chi connectivity index (χ1n) is 11.5. The van der Waals surface area contributed by atoms with Crippen molar-refractivity contribution in [3.63, 3.8) is 0 Å². The molecule has 0 fully saturated rings. The summed E-state index contributed by atoms with van der Waals surface area (Å²) in [6.45, 7) is 1.07. The molecule has 180 valence electrons. The Morgan fingerprint density at radius 2 is 1.71 bits per heavy atom. The number of nitrogens with zero attached hydrogens (tertiary/aromatic N) is 1. The van der Waals surface area contributed by atoms with Gasteiger partial charge in [0, 0.05) is 24.3 Å². The molecule has 0 radical (unpaired) electrons. The summed E-state index contributed by atoms with van der Waals surface area (Å²) in [6, 6.07) is 7.55. The van der Waals surface area contributed by atoms with E-state index >= 15 is 0 Å². The highest BCUT2D eigenvalue weighted by atomic mass is 32.2. The molecule has 2 aromatic carbocycles. The summed E-state index contributed by atoms with van der Waals surface area (Å²) in [5.41, 5.74) is -0.457. The zero-order valence-corrected chi connectivity index (χ0v) is 19.1. The second kappa shape index (κ2) is 10.1. The van der Waals surface area contributed by atoms with Crippen molar-refractivity contribution < 1.29 is 36.2 Å². The van der Waals surface area contributed by atoms with E-state index in [1.807, 2.05) is 0 Å². The normalized spacial score (nSPS) is 16.5. The minimum absolute atomic E-state index is 0.0191. The SMILES string of the molecule is [2H]C([2H])([2H])Oc1cccc(-c2cc(F)c(NC(=O)C3=C(C(=O)NS(C)(=O)=NC(C)=O)CCC3)c(F)c2)c1. The van der Waals surface area contributed by atoms with Crippen molar-refractivity contribution >= 4 is 33.3 Å². The van der Waals surface area contributed by atoms with Gasteiger partial charge in [-0.1, -0.05) is 12.1 Å². The third kappa shape index (κ3) is 5.84. The van der Waals surface area contributed by atoms with Crippen LogP contribution in [0.1, 0.15) is 30.3 Å². The van der Waals surface area contributed by atoms with Gasteiger partial charge in [0.1, 0.15) is 33.0 Å². The maximum absolute atomic E-state index is 14.9. The van der Waals surface area contributed by atoms with Gasteiger partial charge >= 0.3 is 0 Å². The predicted molar refractivity (Wildman–Crippen MR) is 123 cm³/mol. The topological polar surface area (TPSA) is 114 Å². The van der Waals surface area contributed by atoms with Crippen LogP contribution in [-0.2, 0) is 24.3 Å². The number of nitrogens with one attached hydrogen (secondary N) is 2. The van der Waals surface area contributed by atoms with Gasteiger partial charge in [-0.3, -0.25) is 19.1 Å². The summed E-state index contributed by atoms with van der Waals surface area (Å²) < 4.78 is 73.8. The lowest BCUT2D eigenvalue weighted by molar-refractivity contribution is -0.117. The van der Waals surface area contributed by atoms with E-state index in [1.165, 1.54) is 24.3 Å². The van der Waals surface area contributed by atoms with Gasteiger partial charge in [0.2, 0.25) is 0 Å². The molecule has 0 saturated carbocycles. The minimum Gasteiger partial charge on any atom is -0.497 e. The third-order valence-electron chi connectivity index (χ3n) is 4.92. The Hall–Kier alpha value is -3.60. The fourth-order valence-corrected chi connectivity index (χ4v) is 4.54. The summed E-state index contributed by atoms with van der Waals surface area (Å²) in [5.74, 6) is -4.76. The van der Waals surface area contributed by atoms with Crippen molar-refractivity contribution in [3.05, 3.63) is 59.2 Å². The van der Waals surface area contributed by atoms with Crippen molar-refractivity contribution in [1.82, 2.24) is 4.72 Å². The number of amides is 3. The Morgan fingerprint density at radius 3 is 2.32 bits per heavy atom. The van der Waals surface area contributed by atoms with Crippen LogP contribution >= 0.6 is 0 Å². The first-order valence-corrected chi connectivity index (χ1v) is 11.9. The van der Waals surface area contributed by atoms with Crippen molar-refractivity contribution in [3.8, 4) is 16.9 Å². The van der Waals surface area contributed by atoms with Crippen LogP contribution in [0.3, 0.4) is 0 Å². The highest BCUT2D eigenvalue weighted by Gasteiger charge is 2.28. The molecule has 0 aromatic heterocycles. The zero-order valence-electron chi connectivity index (χ0n) is 21.2. The molecule has 11 heteroatoms. The lowest BCUT2D eigenvalue weighted by Gasteiger charge is -2.13. The molecule has 8 nitrogen and oxygen atoms in total. The number of methoxy groups -OCH3 is 1. The van der Waals surface area contributed by atoms with Crippen molar-refractivity contribution in [2.45, 2.75) is 26.2 Å². The van der Waals surface area contributed by atoms with Gasteiger partial charge in [-0.25, -0.2) is 13.0 Å². The molecule has 1 unspecified atom stereocenters. The van der Waals surface area contributed by atoms with Crippen molar-refractivity contribution in [2.75, 3.05) is 18.6 Å². The smallest absolute Gasteiger partial charge is 0.259 e. The van der Waals surface area contributed by atoms with Crippen LogP contribution in [0.4, 0.5) is 14.5 Å². The van der Waals surface area contributed by atoms with E-state index in [-0.39, 0.29) is 40.9 Å². The first kappa shape index (κ1) is 21.0. The van der Waals surface area contributed by atoms with Crippen LogP contribution in [0.25, 0.3) is 11.1 Å². The van der Waals surface area contributed by atoms with E-state index < -0.39 is 52.0 Å². The Labute approximate surface area is 199 Å². The summed E-state index contributed by atoms with van der Waals surface area (Å²) in [4.78, 5) is 36.5. The van der Waals surface area contributed by atoms with Gasteiger partial charge in [0.25, 0.3) is 17.7 Å². The first-order chi connectivity index (χ1) is 17.1. The van der Waals surface area contributed by atoms with Crippen LogP contribution in [0, 0.1) is 11.6 Å². The molecule has 1 aliphatic rings. The van der Waals surface area contributed by atoms with Crippen LogP contribution < -0.4 is 14.8 Å². The van der Waals surface area contributed by atoms with Crippen molar-refractivity contribution in [1.29, 1.82) is 0 Å². The molecule has 2 aromatic rings. The number of carbonyl (C=O) groups is 3. The highest BCUT2D eigenvalue weighted by molar-refractivity contribution is 7.91. The average Bonchev–Trinajstić information content (AvgIpc) is 3.24. The second-order valence-electron chi connectivity index (χ2n) is 7.55. The highest BCUT2D eigenvalue weighted by Crippen LogP contribution is 2.31. The average molecular weight is 495 g/mol. The molecule has 0 heterocycles. The fourth-order valence-electron chi connectivity index (χ4n) is 3.53.